The van der Waals surface area contributed by atoms with Gasteiger partial charge in [0, 0.05) is 36.0 Å². The first-order valence-corrected chi connectivity index (χ1v) is 16.6. The molecule has 11 heteroatoms. The van der Waals surface area contributed by atoms with E-state index in [9.17, 15) is 14.7 Å². The van der Waals surface area contributed by atoms with E-state index >= 15 is 4.39 Å². The van der Waals surface area contributed by atoms with Crippen LogP contribution in [0.4, 0.5) is 15.9 Å². The zero-order valence-corrected chi connectivity index (χ0v) is 28.1. The van der Waals surface area contributed by atoms with Gasteiger partial charge in [0.15, 0.2) is 5.82 Å². The number of anilines is 2. The molecule has 0 radical (unpaired) electrons. The second kappa shape index (κ2) is 13.4. The maximum atomic E-state index is 15.4. The molecule has 4 aromatic heterocycles. The van der Waals surface area contributed by atoms with Gasteiger partial charge in [-0.2, -0.15) is 14.9 Å². The van der Waals surface area contributed by atoms with Gasteiger partial charge in [-0.1, -0.05) is 59.4 Å². The van der Waals surface area contributed by atoms with Crippen molar-refractivity contribution in [2.75, 3.05) is 5.32 Å². The number of aliphatic hydroxyl groups is 1. The van der Waals surface area contributed by atoms with Gasteiger partial charge >= 0.3 is 0 Å². The molecule has 0 aliphatic heterocycles. The monoisotopic (exact) mass is 651 g/mol. The Bertz CT molecular complexity index is 2080. The summed E-state index contributed by atoms with van der Waals surface area (Å²) in [5.41, 5.74) is 1.81. The average Bonchev–Trinajstić information content (AvgIpc) is 3.04. The third-order valence-corrected chi connectivity index (χ3v) is 9.46. The lowest BCUT2D eigenvalue weighted by molar-refractivity contribution is 0.281. The maximum absolute atomic E-state index is 15.4. The first-order chi connectivity index (χ1) is 22.9. The lowest BCUT2D eigenvalue weighted by atomic mass is 9.83. The lowest BCUT2D eigenvalue weighted by Gasteiger charge is -2.23. The van der Waals surface area contributed by atoms with Crippen molar-refractivity contribution in [3.63, 3.8) is 0 Å². The first-order valence-electron chi connectivity index (χ1n) is 16.6. The van der Waals surface area contributed by atoms with Crippen molar-refractivity contribution in [2.24, 2.45) is 13.0 Å². The number of nitrogens with one attached hydrogen (secondary N) is 1. The maximum Gasteiger partial charge on any atom is 0.290 e. The van der Waals surface area contributed by atoms with Crippen LogP contribution >= 0.6 is 0 Å². The molecule has 2 N–H and O–H groups in total. The van der Waals surface area contributed by atoms with Crippen LogP contribution in [0.1, 0.15) is 88.8 Å². The minimum Gasteiger partial charge on any atom is -0.392 e. The highest BCUT2D eigenvalue weighted by atomic mass is 19.1. The number of aryl methyl sites for hydroxylation is 1. The molecule has 1 aromatic carbocycles. The molecule has 1 saturated carbocycles. The number of aromatic nitrogens is 6. The number of pyridine rings is 2. The Labute approximate surface area is 278 Å². The summed E-state index contributed by atoms with van der Waals surface area (Å²) >= 11 is 0. The summed E-state index contributed by atoms with van der Waals surface area (Å²) in [5.74, 6) is 1.13. The molecule has 5 aromatic rings. The van der Waals surface area contributed by atoms with E-state index < -0.39 is 18.0 Å². The highest BCUT2D eigenvalue weighted by Crippen LogP contribution is 2.33. The second-order valence-corrected chi connectivity index (χ2v) is 14.0. The van der Waals surface area contributed by atoms with Gasteiger partial charge in [0.05, 0.1) is 23.9 Å². The van der Waals surface area contributed by atoms with E-state index in [1.165, 1.54) is 61.4 Å². The summed E-state index contributed by atoms with van der Waals surface area (Å²) in [5, 5.41) is 22.7. The minimum absolute atomic E-state index is 0.0345. The third kappa shape index (κ3) is 6.64. The van der Waals surface area contributed by atoms with Crippen LogP contribution in [0.15, 0.2) is 64.6 Å². The van der Waals surface area contributed by atoms with Crippen LogP contribution in [0.3, 0.4) is 0 Å². The Morgan fingerprint density at radius 2 is 1.77 bits per heavy atom. The van der Waals surface area contributed by atoms with Crippen molar-refractivity contribution in [1.82, 2.24) is 29.5 Å². The molecule has 0 spiro atoms. The summed E-state index contributed by atoms with van der Waals surface area (Å²) < 4.78 is 17.5. The van der Waals surface area contributed by atoms with E-state index in [2.05, 4.69) is 38.5 Å². The third-order valence-electron chi connectivity index (χ3n) is 9.46. The molecule has 250 valence electrons. The Morgan fingerprint density at radius 1 is 0.979 bits per heavy atom. The molecule has 1 fully saturated rings. The van der Waals surface area contributed by atoms with Gasteiger partial charge in [-0.3, -0.25) is 9.59 Å². The summed E-state index contributed by atoms with van der Waals surface area (Å²) in [6, 6.07) is 10.3. The standard InChI is InChI=1S/C37H42FN7O3/c1-22-8-6-7-9-23(11-10-22)24-12-13-32(40-19-24)42-31-18-30(43-44(5)35(31)47)27-14-15-39-34(28(27)21-46)45-36(48)33-25(20-41-45)16-26(17-29(33)38)37(2,3)4/h12-20,22-23,46H,6-11,21H2,1-5H3,(H,40,42). The SMILES string of the molecule is CC1CCCCC(c2ccc(Nc3cc(-c4ccnc(-n5ncc6cc(C(C)(C)C)cc(F)c6c5=O)c4CO)nn(C)c3=O)nc2)CC1. The van der Waals surface area contributed by atoms with Crippen LogP contribution in [0.5, 0.6) is 0 Å². The quantitative estimate of drug-likeness (QED) is 0.208. The van der Waals surface area contributed by atoms with Crippen molar-refractivity contribution < 1.29 is 9.50 Å². The topological polar surface area (TPSA) is 128 Å². The van der Waals surface area contributed by atoms with E-state index in [-0.39, 0.29) is 33.4 Å². The highest BCUT2D eigenvalue weighted by Gasteiger charge is 2.22. The van der Waals surface area contributed by atoms with Crippen LogP contribution < -0.4 is 16.4 Å². The Kier molecular flexibility index (Phi) is 9.24. The fraction of sp³-hybridized carbons (Fsp3) is 0.405. The zero-order valence-electron chi connectivity index (χ0n) is 28.1. The van der Waals surface area contributed by atoms with Gasteiger partial charge in [-0.15, -0.1) is 0 Å². The Hall–Kier alpha value is -4.77. The van der Waals surface area contributed by atoms with Gasteiger partial charge in [0.2, 0.25) is 0 Å². The molecule has 6 rings (SSSR count). The van der Waals surface area contributed by atoms with Gasteiger partial charge in [0.25, 0.3) is 11.1 Å². The molecule has 0 saturated heterocycles. The summed E-state index contributed by atoms with van der Waals surface area (Å²) in [4.78, 5) is 35.8. The predicted molar refractivity (Wildman–Crippen MR) is 185 cm³/mol. The second-order valence-electron chi connectivity index (χ2n) is 14.0. The number of hydrogen-bond donors (Lipinski definition) is 2. The molecule has 10 nitrogen and oxygen atoms in total. The molecular weight excluding hydrogens is 609 g/mol. The zero-order chi connectivity index (χ0) is 34.2. The highest BCUT2D eigenvalue weighted by molar-refractivity contribution is 5.83. The number of fused-ring (bicyclic) bond motifs is 1. The predicted octanol–water partition coefficient (Wildman–Crippen LogP) is 6.68. The number of aliphatic hydroxyl groups excluding tert-OH is 1. The van der Waals surface area contributed by atoms with Crippen molar-refractivity contribution >= 4 is 22.3 Å². The van der Waals surface area contributed by atoms with Gasteiger partial charge < -0.3 is 10.4 Å². The van der Waals surface area contributed by atoms with Crippen molar-refractivity contribution in [3.8, 4) is 17.1 Å². The van der Waals surface area contributed by atoms with Crippen molar-refractivity contribution in [2.45, 2.75) is 84.2 Å². The molecule has 2 atom stereocenters. The summed E-state index contributed by atoms with van der Waals surface area (Å²) in [6.45, 7) is 7.70. The van der Waals surface area contributed by atoms with Crippen molar-refractivity contribution in [1.29, 1.82) is 0 Å². The smallest absolute Gasteiger partial charge is 0.290 e. The van der Waals surface area contributed by atoms with Crippen LogP contribution in [0.25, 0.3) is 27.8 Å². The van der Waals surface area contributed by atoms with Gasteiger partial charge in [-0.25, -0.2) is 19.0 Å². The molecule has 1 aliphatic carbocycles. The van der Waals surface area contributed by atoms with E-state index in [1.54, 1.807) is 18.2 Å². The number of rotatable bonds is 6. The number of halogens is 1. The van der Waals surface area contributed by atoms with E-state index in [0.717, 1.165) is 29.0 Å². The largest absolute Gasteiger partial charge is 0.392 e. The number of nitrogens with zero attached hydrogens (tertiary/aromatic N) is 6. The Morgan fingerprint density at radius 3 is 2.50 bits per heavy atom. The van der Waals surface area contributed by atoms with Crippen LogP contribution in [0.2, 0.25) is 0 Å². The number of hydrogen-bond acceptors (Lipinski definition) is 8. The molecule has 4 heterocycles. The minimum atomic E-state index is -0.705. The van der Waals surface area contributed by atoms with E-state index in [4.69, 9.17) is 0 Å². The normalized spacial score (nSPS) is 17.2. The van der Waals surface area contributed by atoms with Crippen LogP contribution in [0, 0.1) is 11.7 Å². The van der Waals surface area contributed by atoms with E-state index in [0.29, 0.717) is 28.4 Å². The average molecular weight is 652 g/mol. The number of benzene rings is 1. The molecular formula is C37H42FN7O3. The first kappa shape index (κ1) is 33.1. The molecule has 1 aliphatic rings. The summed E-state index contributed by atoms with van der Waals surface area (Å²) in [6.07, 6.45) is 12.1. The van der Waals surface area contributed by atoms with Crippen molar-refractivity contribution in [3.05, 3.63) is 98.2 Å². The van der Waals surface area contributed by atoms with Gasteiger partial charge in [0.1, 0.15) is 17.3 Å². The molecule has 0 amide bonds. The van der Waals surface area contributed by atoms with Crippen LogP contribution in [-0.4, -0.2) is 34.6 Å². The molecule has 48 heavy (non-hydrogen) atoms. The van der Waals surface area contributed by atoms with E-state index in [1.807, 2.05) is 33.0 Å². The lowest BCUT2D eigenvalue weighted by Crippen LogP contribution is -2.25. The Balaban J connectivity index is 1.34. The fourth-order valence-electron chi connectivity index (χ4n) is 6.56. The van der Waals surface area contributed by atoms with Gasteiger partial charge in [-0.05, 0) is 71.6 Å². The molecule has 0 bridgehead atoms. The molecule has 2 unspecified atom stereocenters. The summed E-state index contributed by atoms with van der Waals surface area (Å²) in [7, 11) is 1.54. The van der Waals surface area contributed by atoms with Crippen LogP contribution in [-0.2, 0) is 19.1 Å². The fourth-order valence-corrected chi connectivity index (χ4v) is 6.56.